The van der Waals surface area contributed by atoms with Crippen molar-refractivity contribution < 1.29 is 4.79 Å². The smallest absolute Gasteiger partial charge is 0.242 e. The molecule has 1 aromatic carbocycles. The van der Waals surface area contributed by atoms with Gasteiger partial charge in [-0.05, 0) is 37.2 Å². The first-order chi connectivity index (χ1) is 11.7. The molecule has 3 aliphatic rings. The van der Waals surface area contributed by atoms with Crippen LogP contribution in [0.25, 0.3) is 0 Å². The van der Waals surface area contributed by atoms with E-state index >= 15 is 0 Å². The Labute approximate surface area is 166 Å². The molecular weight excluding hydrogens is 427 g/mol. The quantitative estimate of drug-likeness (QED) is 0.431. The molecule has 136 valence electrons. The maximum atomic E-state index is 12.3. The van der Waals surface area contributed by atoms with E-state index in [4.69, 9.17) is 0 Å². The predicted octanol–water partition coefficient (Wildman–Crippen LogP) is 2.12. The number of carbonyl (C=O) groups is 1. The minimum absolute atomic E-state index is 0. The lowest BCUT2D eigenvalue weighted by molar-refractivity contribution is -0.135. The summed E-state index contributed by atoms with van der Waals surface area (Å²) in [5.74, 6) is 1.82. The molecule has 4 rings (SSSR count). The fourth-order valence-corrected chi connectivity index (χ4v) is 3.67. The fourth-order valence-electron chi connectivity index (χ4n) is 3.67. The largest absolute Gasteiger partial charge is 0.353 e. The molecule has 0 radical (unpaired) electrons. The van der Waals surface area contributed by atoms with Crippen LogP contribution in [-0.2, 0) is 11.2 Å². The van der Waals surface area contributed by atoms with Gasteiger partial charge < -0.3 is 15.1 Å². The van der Waals surface area contributed by atoms with Gasteiger partial charge in [0.25, 0.3) is 0 Å². The summed E-state index contributed by atoms with van der Waals surface area (Å²) in [5, 5.41) is 3.57. The molecule has 1 heterocycles. The maximum absolute atomic E-state index is 12.3. The minimum Gasteiger partial charge on any atom is -0.353 e. The minimum atomic E-state index is 0. The van der Waals surface area contributed by atoms with Crippen molar-refractivity contribution in [2.45, 2.75) is 37.8 Å². The summed E-state index contributed by atoms with van der Waals surface area (Å²) >= 11 is 0. The third kappa shape index (κ3) is 4.46. The Morgan fingerprint density at radius 1 is 1.24 bits per heavy atom. The lowest BCUT2D eigenvalue weighted by Gasteiger charge is -2.36. The van der Waals surface area contributed by atoms with Gasteiger partial charge in [0.1, 0.15) is 0 Å². The Morgan fingerprint density at radius 2 is 2.00 bits per heavy atom. The first-order valence-corrected chi connectivity index (χ1v) is 9.06. The number of hydrogen-bond acceptors (Lipinski definition) is 2. The van der Waals surface area contributed by atoms with E-state index in [1.54, 1.807) is 0 Å². The number of guanidine groups is 1. The van der Waals surface area contributed by atoms with Gasteiger partial charge in [0, 0.05) is 32.2 Å². The summed E-state index contributed by atoms with van der Waals surface area (Å²) < 4.78 is 0. The molecule has 2 atom stereocenters. The van der Waals surface area contributed by atoms with Gasteiger partial charge in [0.05, 0.1) is 6.54 Å². The number of piperazine rings is 1. The highest BCUT2D eigenvalue weighted by Gasteiger charge is 2.40. The number of carbonyl (C=O) groups excluding carboxylic acids is 1. The van der Waals surface area contributed by atoms with Crippen LogP contribution in [0, 0.1) is 5.92 Å². The van der Waals surface area contributed by atoms with Crippen LogP contribution in [0.4, 0.5) is 0 Å². The van der Waals surface area contributed by atoms with Crippen LogP contribution in [0.3, 0.4) is 0 Å². The zero-order chi connectivity index (χ0) is 16.5. The van der Waals surface area contributed by atoms with Crippen molar-refractivity contribution in [2.24, 2.45) is 10.9 Å². The van der Waals surface area contributed by atoms with Crippen molar-refractivity contribution in [3.05, 3.63) is 35.9 Å². The molecule has 1 aliphatic heterocycles. The molecule has 0 bridgehead atoms. The van der Waals surface area contributed by atoms with Crippen molar-refractivity contribution in [3.8, 4) is 0 Å². The number of nitrogens with zero attached hydrogens (tertiary/aromatic N) is 3. The molecule has 1 N–H and O–H groups in total. The van der Waals surface area contributed by atoms with Gasteiger partial charge in [-0.3, -0.25) is 9.79 Å². The van der Waals surface area contributed by atoms with Crippen molar-refractivity contribution in [1.29, 1.82) is 0 Å². The highest BCUT2D eigenvalue weighted by atomic mass is 127. The zero-order valence-corrected chi connectivity index (χ0v) is 17.1. The van der Waals surface area contributed by atoms with E-state index in [9.17, 15) is 4.79 Å². The molecule has 2 unspecified atom stereocenters. The van der Waals surface area contributed by atoms with Gasteiger partial charge >= 0.3 is 0 Å². The second-order valence-electron chi connectivity index (χ2n) is 7.22. The molecule has 2 aliphatic carbocycles. The normalized spacial score (nSPS) is 26.3. The van der Waals surface area contributed by atoms with E-state index in [1.165, 1.54) is 24.8 Å². The maximum Gasteiger partial charge on any atom is 0.242 e. The second kappa shape index (κ2) is 7.93. The molecule has 5 nitrogen and oxygen atoms in total. The summed E-state index contributed by atoms with van der Waals surface area (Å²) in [6, 6.07) is 11.7. The Hall–Kier alpha value is -1.31. The predicted molar refractivity (Wildman–Crippen MR) is 110 cm³/mol. The SMILES string of the molecule is CN=C(NC1CC1Cc1ccccc1)N1CCN(C2CC2)C(=O)C1.I. The molecule has 3 fully saturated rings. The van der Waals surface area contributed by atoms with Crippen molar-refractivity contribution in [1.82, 2.24) is 15.1 Å². The fraction of sp³-hybridized carbons (Fsp3) is 0.579. The molecule has 0 aromatic heterocycles. The number of nitrogens with one attached hydrogen (secondary N) is 1. The van der Waals surface area contributed by atoms with Gasteiger partial charge in [-0.2, -0.15) is 0 Å². The van der Waals surface area contributed by atoms with Crippen LogP contribution in [0.1, 0.15) is 24.8 Å². The van der Waals surface area contributed by atoms with Gasteiger partial charge in [-0.25, -0.2) is 0 Å². The highest BCUT2D eigenvalue weighted by molar-refractivity contribution is 14.0. The number of benzene rings is 1. The van der Waals surface area contributed by atoms with E-state index in [1.807, 2.05) is 7.05 Å². The average Bonchev–Trinajstić information content (AvgIpc) is 3.50. The van der Waals surface area contributed by atoms with Crippen LogP contribution >= 0.6 is 24.0 Å². The zero-order valence-electron chi connectivity index (χ0n) is 14.7. The number of halogens is 1. The van der Waals surface area contributed by atoms with Gasteiger partial charge in [0.15, 0.2) is 5.96 Å². The first kappa shape index (κ1) is 18.5. The van der Waals surface area contributed by atoms with E-state index in [0.29, 0.717) is 24.5 Å². The molecular formula is C19H27IN4O. The third-order valence-corrected chi connectivity index (χ3v) is 5.33. The van der Waals surface area contributed by atoms with E-state index in [0.717, 1.165) is 25.5 Å². The standard InChI is InChI=1S/C19H26N4O.HI/c1-20-19(22-9-10-23(16-7-8-16)18(24)13-22)21-17-12-15(17)11-14-5-3-2-4-6-14;/h2-6,15-17H,7-13H2,1H3,(H,20,21);1H. The van der Waals surface area contributed by atoms with Gasteiger partial charge in [-0.1, -0.05) is 30.3 Å². The molecule has 25 heavy (non-hydrogen) atoms. The van der Waals surface area contributed by atoms with Crippen LogP contribution in [0.2, 0.25) is 0 Å². The summed E-state index contributed by atoms with van der Waals surface area (Å²) in [6.07, 6.45) is 4.66. The lowest BCUT2D eigenvalue weighted by atomic mass is 10.1. The molecule has 1 amide bonds. The topological polar surface area (TPSA) is 47.9 Å². The molecule has 1 saturated heterocycles. The third-order valence-electron chi connectivity index (χ3n) is 5.33. The Bertz CT molecular complexity index is 632. The Kier molecular flexibility index (Phi) is 5.86. The van der Waals surface area contributed by atoms with E-state index < -0.39 is 0 Å². The Morgan fingerprint density at radius 3 is 2.64 bits per heavy atom. The molecule has 0 spiro atoms. The average molecular weight is 454 g/mol. The lowest BCUT2D eigenvalue weighted by Crippen LogP contribution is -2.56. The van der Waals surface area contributed by atoms with Crippen molar-refractivity contribution >= 4 is 35.8 Å². The summed E-state index contributed by atoms with van der Waals surface area (Å²) in [5.41, 5.74) is 1.40. The van der Waals surface area contributed by atoms with Gasteiger partial charge in [-0.15, -0.1) is 24.0 Å². The summed E-state index contributed by atoms with van der Waals surface area (Å²) in [6.45, 7) is 2.19. The number of rotatable bonds is 4. The van der Waals surface area contributed by atoms with Crippen LogP contribution in [0.15, 0.2) is 35.3 Å². The van der Waals surface area contributed by atoms with Crippen molar-refractivity contribution in [3.63, 3.8) is 0 Å². The number of hydrogen-bond donors (Lipinski definition) is 1. The van der Waals surface area contributed by atoms with E-state index in [-0.39, 0.29) is 29.9 Å². The monoisotopic (exact) mass is 454 g/mol. The summed E-state index contributed by atoms with van der Waals surface area (Å²) in [7, 11) is 1.81. The Balaban J connectivity index is 0.00000182. The van der Waals surface area contributed by atoms with Crippen molar-refractivity contribution in [2.75, 3.05) is 26.7 Å². The number of amides is 1. The van der Waals surface area contributed by atoms with Crippen LogP contribution in [-0.4, -0.2) is 60.4 Å². The molecule has 1 aromatic rings. The number of aliphatic imine (C=N–C) groups is 1. The molecule has 6 heteroatoms. The first-order valence-electron chi connectivity index (χ1n) is 9.06. The van der Waals surface area contributed by atoms with E-state index in [2.05, 4.69) is 50.4 Å². The van der Waals surface area contributed by atoms with Crippen LogP contribution < -0.4 is 5.32 Å². The highest BCUT2D eigenvalue weighted by Crippen LogP contribution is 2.34. The van der Waals surface area contributed by atoms with Gasteiger partial charge in [0.2, 0.25) is 5.91 Å². The molecule has 2 saturated carbocycles. The summed E-state index contributed by atoms with van der Waals surface area (Å²) in [4.78, 5) is 20.9. The second-order valence-corrected chi connectivity index (χ2v) is 7.22. The van der Waals surface area contributed by atoms with Crippen LogP contribution in [0.5, 0.6) is 0 Å².